The van der Waals surface area contributed by atoms with Gasteiger partial charge >= 0.3 is 0 Å². The summed E-state index contributed by atoms with van der Waals surface area (Å²) >= 11 is 0. The van der Waals surface area contributed by atoms with E-state index in [2.05, 4.69) is 10.4 Å². The minimum absolute atomic E-state index is 0.229. The SMILES string of the molecule is COc1ccc(-n2nc(C(=O)NCc3ccc4c(c3)OCO4)cc2C)cc1. The Hall–Kier alpha value is -3.48. The van der Waals surface area contributed by atoms with Crippen LogP contribution < -0.4 is 19.5 Å². The molecule has 0 saturated heterocycles. The number of aromatic nitrogens is 2. The Kier molecular flexibility index (Phi) is 4.42. The van der Waals surface area contributed by atoms with Crippen molar-refractivity contribution in [3.63, 3.8) is 0 Å². The molecule has 138 valence electrons. The van der Waals surface area contributed by atoms with Crippen LogP contribution in [-0.2, 0) is 6.54 Å². The monoisotopic (exact) mass is 365 g/mol. The van der Waals surface area contributed by atoms with Crippen molar-refractivity contribution in [3.05, 3.63) is 65.5 Å². The summed E-state index contributed by atoms with van der Waals surface area (Å²) in [6, 6.07) is 14.9. The Bertz CT molecular complexity index is 979. The van der Waals surface area contributed by atoms with Gasteiger partial charge in [0.2, 0.25) is 6.79 Å². The molecule has 7 nitrogen and oxygen atoms in total. The molecule has 2 aromatic carbocycles. The Balaban J connectivity index is 1.46. The normalized spacial score (nSPS) is 12.1. The molecule has 0 radical (unpaired) electrons. The Morgan fingerprint density at radius 2 is 1.93 bits per heavy atom. The zero-order valence-corrected chi connectivity index (χ0v) is 15.1. The molecule has 1 amide bonds. The number of aryl methyl sites for hydroxylation is 1. The predicted molar refractivity (Wildman–Crippen MR) is 98.6 cm³/mol. The van der Waals surface area contributed by atoms with E-state index in [1.165, 1.54) is 0 Å². The zero-order valence-electron chi connectivity index (χ0n) is 15.1. The standard InChI is InChI=1S/C20H19N3O4/c1-13-9-17(22-23(13)15-4-6-16(25-2)7-5-15)20(24)21-11-14-3-8-18-19(10-14)27-12-26-18/h3-10H,11-12H2,1-2H3,(H,21,24). The van der Waals surface area contributed by atoms with E-state index < -0.39 is 0 Å². The molecule has 4 rings (SSSR count). The van der Waals surface area contributed by atoms with Crippen LogP contribution in [0.3, 0.4) is 0 Å². The number of nitrogens with one attached hydrogen (secondary N) is 1. The zero-order chi connectivity index (χ0) is 18.8. The van der Waals surface area contributed by atoms with E-state index in [9.17, 15) is 4.79 Å². The van der Waals surface area contributed by atoms with Crippen LogP contribution in [0.1, 0.15) is 21.7 Å². The number of ether oxygens (including phenoxy) is 3. The van der Waals surface area contributed by atoms with Gasteiger partial charge in [-0.25, -0.2) is 4.68 Å². The number of carbonyl (C=O) groups excluding carboxylic acids is 1. The van der Waals surface area contributed by atoms with Gasteiger partial charge in [-0.1, -0.05) is 6.07 Å². The number of carbonyl (C=O) groups is 1. The van der Waals surface area contributed by atoms with Gasteiger partial charge < -0.3 is 19.5 Å². The average molecular weight is 365 g/mol. The van der Waals surface area contributed by atoms with Gasteiger partial charge in [-0.05, 0) is 55.0 Å². The van der Waals surface area contributed by atoms with Gasteiger partial charge in [0.25, 0.3) is 5.91 Å². The third-order valence-corrected chi connectivity index (χ3v) is 4.33. The number of methoxy groups -OCH3 is 1. The highest BCUT2D eigenvalue weighted by atomic mass is 16.7. The maximum atomic E-state index is 12.5. The largest absolute Gasteiger partial charge is 0.497 e. The molecule has 0 fully saturated rings. The summed E-state index contributed by atoms with van der Waals surface area (Å²) in [5.74, 6) is 1.95. The Morgan fingerprint density at radius 1 is 1.15 bits per heavy atom. The number of hydrogen-bond acceptors (Lipinski definition) is 5. The summed E-state index contributed by atoms with van der Waals surface area (Å²) in [6.07, 6.45) is 0. The molecule has 0 unspecified atom stereocenters. The van der Waals surface area contributed by atoms with Crippen LogP contribution in [0.15, 0.2) is 48.5 Å². The van der Waals surface area contributed by atoms with Gasteiger partial charge in [-0.2, -0.15) is 5.10 Å². The van der Waals surface area contributed by atoms with Crippen LogP contribution in [-0.4, -0.2) is 29.6 Å². The van der Waals surface area contributed by atoms with E-state index in [-0.39, 0.29) is 12.7 Å². The van der Waals surface area contributed by atoms with Gasteiger partial charge in [0.05, 0.1) is 12.8 Å². The fourth-order valence-electron chi connectivity index (χ4n) is 2.89. The summed E-state index contributed by atoms with van der Waals surface area (Å²) in [6.45, 7) is 2.52. The molecular formula is C20H19N3O4. The molecule has 0 atom stereocenters. The second-order valence-electron chi connectivity index (χ2n) is 6.15. The molecule has 0 bridgehead atoms. The highest BCUT2D eigenvalue weighted by Crippen LogP contribution is 2.32. The highest BCUT2D eigenvalue weighted by Gasteiger charge is 2.15. The van der Waals surface area contributed by atoms with Crippen LogP contribution in [0.4, 0.5) is 0 Å². The van der Waals surface area contributed by atoms with Gasteiger partial charge in [-0.15, -0.1) is 0 Å². The first-order chi connectivity index (χ1) is 13.1. The van der Waals surface area contributed by atoms with Gasteiger partial charge in [0, 0.05) is 12.2 Å². The van der Waals surface area contributed by atoms with E-state index in [1.807, 2.05) is 49.4 Å². The number of nitrogens with zero attached hydrogens (tertiary/aromatic N) is 2. The van der Waals surface area contributed by atoms with E-state index in [0.717, 1.165) is 28.4 Å². The number of amides is 1. The van der Waals surface area contributed by atoms with Crippen molar-refractivity contribution in [1.29, 1.82) is 0 Å². The van der Waals surface area contributed by atoms with E-state index in [0.29, 0.717) is 18.0 Å². The van der Waals surface area contributed by atoms with Crippen LogP contribution in [0, 0.1) is 6.92 Å². The lowest BCUT2D eigenvalue weighted by atomic mass is 10.2. The van der Waals surface area contributed by atoms with Crippen molar-refractivity contribution in [2.45, 2.75) is 13.5 Å². The second-order valence-corrected chi connectivity index (χ2v) is 6.15. The third kappa shape index (κ3) is 3.44. The number of benzene rings is 2. The average Bonchev–Trinajstić information content (AvgIpc) is 3.32. The summed E-state index contributed by atoms with van der Waals surface area (Å²) in [7, 11) is 1.62. The van der Waals surface area contributed by atoms with Crippen LogP contribution in [0.2, 0.25) is 0 Å². The lowest BCUT2D eigenvalue weighted by Gasteiger charge is -2.06. The fraction of sp³-hybridized carbons (Fsp3) is 0.200. The molecule has 0 aliphatic carbocycles. The van der Waals surface area contributed by atoms with Gasteiger partial charge in [0.15, 0.2) is 17.2 Å². The maximum Gasteiger partial charge on any atom is 0.272 e. The lowest BCUT2D eigenvalue weighted by molar-refractivity contribution is 0.0945. The minimum Gasteiger partial charge on any atom is -0.497 e. The van der Waals surface area contributed by atoms with Crippen molar-refractivity contribution >= 4 is 5.91 Å². The van der Waals surface area contributed by atoms with Gasteiger partial charge in [0.1, 0.15) is 5.75 Å². The van der Waals surface area contributed by atoms with Crippen molar-refractivity contribution in [3.8, 4) is 22.9 Å². The first-order valence-electron chi connectivity index (χ1n) is 8.52. The first-order valence-corrected chi connectivity index (χ1v) is 8.52. The quantitative estimate of drug-likeness (QED) is 0.753. The number of hydrogen-bond donors (Lipinski definition) is 1. The van der Waals surface area contributed by atoms with E-state index >= 15 is 0 Å². The van der Waals surface area contributed by atoms with Crippen molar-refractivity contribution < 1.29 is 19.0 Å². The maximum absolute atomic E-state index is 12.5. The van der Waals surface area contributed by atoms with E-state index in [4.69, 9.17) is 14.2 Å². The molecule has 3 aromatic rings. The molecule has 1 N–H and O–H groups in total. The van der Waals surface area contributed by atoms with Crippen molar-refractivity contribution in [2.75, 3.05) is 13.9 Å². The molecule has 1 aromatic heterocycles. The molecule has 7 heteroatoms. The van der Waals surface area contributed by atoms with E-state index in [1.54, 1.807) is 17.9 Å². The molecule has 0 saturated carbocycles. The molecular weight excluding hydrogens is 346 g/mol. The summed E-state index contributed by atoms with van der Waals surface area (Å²) < 4.78 is 17.5. The fourth-order valence-corrected chi connectivity index (χ4v) is 2.89. The van der Waals surface area contributed by atoms with Crippen LogP contribution >= 0.6 is 0 Å². The van der Waals surface area contributed by atoms with Gasteiger partial charge in [-0.3, -0.25) is 4.79 Å². The predicted octanol–water partition coefficient (Wildman–Crippen LogP) is 2.85. The third-order valence-electron chi connectivity index (χ3n) is 4.33. The molecule has 27 heavy (non-hydrogen) atoms. The summed E-state index contributed by atoms with van der Waals surface area (Å²) in [4.78, 5) is 12.5. The minimum atomic E-state index is -0.233. The number of rotatable bonds is 5. The van der Waals surface area contributed by atoms with Crippen molar-refractivity contribution in [1.82, 2.24) is 15.1 Å². The summed E-state index contributed by atoms with van der Waals surface area (Å²) in [5.41, 5.74) is 3.03. The van der Waals surface area contributed by atoms with Crippen LogP contribution in [0.5, 0.6) is 17.2 Å². The number of fused-ring (bicyclic) bond motifs is 1. The molecule has 1 aliphatic heterocycles. The summed E-state index contributed by atoms with van der Waals surface area (Å²) in [5, 5.41) is 7.31. The molecule has 0 spiro atoms. The topological polar surface area (TPSA) is 74.6 Å². The second kappa shape index (κ2) is 7.03. The smallest absolute Gasteiger partial charge is 0.272 e. The Labute approximate surface area is 156 Å². The molecule has 2 heterocycles. The Morgan fingerprint density at radius 3 is 2.70 bits per heavy atom. The first kappa shape index (κ1) is 17.0. The lowest BCUT2D eigenvalue weighted by Crippen LogP contribution is -2.23. The van der Waals surface area contributed by atoms with Crippen LogP contribution in [0.25, 0.3) is 5.69 Å². The van der Waals surface area contributed by atoms with Crippen molar-refractivity contribution in [2.24, 2.45) is 0 Å². The molecule has 1 aliphatic rings. The highest BCUT2D eigenvalue weighted by molar-refractivity contribution is 5.92.